The van der Waals surface area contributed by atoms with Crippen molar-refractivity contribution in [3.63, 3.8) is 0 Å². The van der Waals surface area contributed by atoms with Crippen LogP contribution >= 0.6 is 0 Å². The van der Waals surface area contributed by atoms with Crippen molar-refractivity contribution in [1.82, 2.24) is 0 Å². The molecule has 0 N–H and O–H groups in total. The molecule has 24 aromatic carbocycles. The van der Waals surface area contributed by atoms with Crippen LogP contribution in [0.25, 0.3) is 220 Å². The molecule has 138 heavy (non-hydrogen) atoms. The minimum atomic E-state index is -1.26. The molecule has 640 valence electrons. The second-order valence-corrected chi connectivity index (χ2v) is 51.0. The summed E-state index contributed by atoms with van der Waals surface area (Å²) < 4.78 is 9.30. The molecule has 0 amide bonds. The first-order chi connectivity index (χ1) is 68.3. The van der Waals surface area contributed by atoms with Gasteiger partial charge in [-0.25, -0.2) is 0 Å². The van der Waals surface area contributed by atoms with Gasteiger partial charge in [0.2, 0.25) is 0 Å². The fraction of sp³-hybridized carbons (Fsp3) is 0.0149. The Balaban J connectivity index is 0.000000133. The molecule has 2 unspecified atom stereocenters. The summed E-state index contributed by atoms with van der Waals surface area (Å²) in [6, 6.07) is 182. The van der Waals surface area contributed by atoms with E-state index in [1.165, 1.54) is 274 Å². The van der Waals surface area contributed by atoms with Crippen molar-refractivity contribution < 1.29 is 0 Å². The van der Waals surface area contributed by atoms with Gasteiger partial charge in [0.15, 0.2) is 0 Å². The third-order valence-corrected chi connectivity index (χ3v) is 44.4. The van der Waals surface area contributed by atoms with E-state index < -0.39 is 41.7 Å². The van der Waals surface area contributed by atoms with Crippen LogP contribution in [0.4, 0.5) is 0 Å². The minimum absolute atomic E-state index is 0.489. The van der Waals surface area contributed by atoms with Crippen LogP contribution in [0.3, 0.4) is 0 Å². The van der Waals surface area contributed by atoms with Crippen molar-refractivity contribution in [1.29, 1.82) is 0 Å². The van der Waals surface area contributed by atoms with Gasteiger partial charge in [0.05, 0.1) is 0 Å². The first-order valence-corrected chi connectivity index (χ1v) is 58.9. The summed E-state index contributed by atoms with van der Waals surface area (Å²) in [6.07, 6.45) is 0. The van der Waals surface area contributed by atoms with Gasteiger partial charge in [-0.15, -0.1) is 0 Å². The number of rotatable bonds is 8. The maximum atomic E-state index is 2.56. The molecule has 2 atom stereocenters. The van der Waals surface area contributed by atoms with Gasteiger partial charge in [-0.1, -0.05) is 121 Å². The van der Waals surface area contributed by atoms with Crippen molar-refractivity contribution >= 4 is 155 Å². The number of hydrogen-bond donors (Lipinski definition) is 0. The van der Waals surface area contributed by atoms with Gasteiger partial charge in [-0.2, -0.15) is 0 Å². The molecular weight excluding hydrogens is 1900 g/mol. The SMILES string of the molecule is [GeH3][c]1ccccc1-c1cccc(-c2cccc3c(-c4cccc5c4-c4ccccc4C54c5ccccc5-c5ccc6ccccc6c54)c4cccc(-c5cccc6[c]5[GeH2][c]5ccccc5-6)c4cc23)c1.[GeH3][c]1ccccc1-c1ccccc1-c1cccc2c(-c3cccc4c3-c3ccccc3C43c4ccccc4-c4ccc5ccccc5c43)c3cccc(-c4ccc[c]5c4-c4cccc[c]4[GeH2]5)c3cc12. The van der Waals surface area contributed by atoms with Crippen LogP contribution in [-0.4, -0.2) is 63.9 Å². The van der Waals surface area contributed by atoms with Crippen molar-refractivity contribution in [2.45, 2.75) is 10.8 Å². The molecule has 0 nitrogen and oxygen atoms in total. The van der Waals surface area contributed by atoms with Gasteiger partial charge < -0.3 is 0 Å². The summed E-state index contributed by atoms with van der Waals surface area (Å²) in [5.74, 6) is 0. The second kappa shape index (κ2) is 31.3. The molecule has 6 aliphatic rings. The van der Waals surface area contributed by atoms with Gasteiger partial charge >= 0.3 is 691 Å². The van der Waals surface area contributed by atoms with E-state index in [-0.39, 0.29) is 0 Å². The fourth-order valence-corrected chi connectivity index (χ4v) is 37.9. The predicted molar refractivity (Wildman–Crippen MR) is 600 cm³/mol. The molecule has 0 saturated heterocycles. The molecule has 0 radical (unpaired) electrons. The van der Waals surface area contributed by atoms with Gasteiger partial charge in [0.25, 0.3) is 0 Å². The van der Waals surface area contributed by atoms with E-state index in [0.29, 0.717) is 33.0 Å². The maximum absolute atomic E-state index is 2.56. The zero-order chi connectivity index (χ0) is 90.7. The van der Waals surface area contributed by atoms with E-state index in [4.69, 9.17) is 0 Å². The van der Waals surface area contributed by atoms with Crippen LogP contribution in [0.5, 0.6) is 0 Å². The Morgan fingerprint density at radius 3 is 1.01 bits per heavy atom. The van der Waals surface area contributed by atoms with Gasteiger partial charge in [0.1, 0.15) is 0 Å². The standard InChI is InChI=1S/2C67H44Ge2/c68-61-34-9-5-19-44(61)42-18-11-17-41(38-42)43-24-12-26-49-56(43)39-57-46(52-28-14-29-53-48-22-6-10-35-62(48)69-66(52)53)25-13-27-50(57)63(49)55-30-15-33-60-64(55)54-23-4-8-32-59(54)67(60)58-31-7-3-21-47(58)51-37-36-40-16-1-2-20-45(40)65(51)67;68-60-34-11-7-22-47(60)43-20-4-3-19-42(43)44-25-13-27-49-55(44)39-56-45(48-29-16-36-62-65(48)53-24-8-12-35-61(53)69-62)26-14-28-50(56)63(49)54-30-15-33-59-64(54)52-23-6-10-32-58(52)67(59)57-31-9-5-21-46(57)51-38-37-40-17-1-2-18-41(40)66(51)67/h2*1-39H,69H2,68H3. The van der Waals surface area contributed by atoms with Crippen molar-refractivity contribution in [2.24, 2.45) is 0 Å². The number of hydrogen-bond acceptors (Lipinski definition) is 0. The van der Waals surface area contributed by atoms with Crippen LogP contribution in [0.15, 0.2) is 473 Å². The second-order valence-electron chi connectivity index (χ2n) is 38.8. The van der Waals surface area contributed by atoms with Crippen molar-refractivity contribution in [3.8, 4) is 156 Å². The number of benzene rings is 24. The average molecular weight is 1990 g/mol. The van der Waals surface area contributed by atoms with Crippen molar-refractivity contribution in [2.75, 3.05) is 0 Å². The summed E-state index contributed by atoms with van der Waals surface area (Å²) in [6.45, 7) is 0. The van der Waals surface area contributed by atoms with Crippen LogP contribution in [0, 0.1) is 0 Å². The first kappa shape index (κ1) is 80.3. The van der Waals surface area contributed by atoms with E-state index in [9.17, 15) is 0 Å². The Labute approximate surface area is 831 Å². The van der Waals surface area contributed by atoms with E-state index >= 15 is 0 Å². The van der Waals surface area contributed by atoms with Gasteiger partial charge in [-0.05, 0) is 27.3 Å². The average Bonchev–Trinajstić information content (AvgIpc) is 1.50. The summed E-state index contributed by atoms with van der Waals surface area (Å²) in [5, 5.41) is 15.5. The molecule has 2 spiro atoms. The molecule has 2 heterocycles. The molecule has 4 aliphatic carbocycles. The Morgan fingerprint density at radius 2 is 0.471 bits per heavy atom. The van der Waals surface area contributed by atoms with Gasteiger partial charge in [-0.3, -0.25) is 0 Å². The normalized spacial score (nSPS) is 15.1. The Bertz CT molecular complexity index is 9480. The Kier molecular flexibility index (Phi) is 18.2. The molecule has 0 saturated carbocycles. The predicted octanol–water partition coefficient (Wildman–Crippen LogP) is 26.5. The van der Waals surface area contributed by atoms with Crippen molar-refractivity contribution in [3.05, 3.63) is 518 Å². The Hall–Kier alpha value is -15.0. The third kappa shape index (κ3) is 11.5. The Morgan fingerprint density at radius 1 is 0.152 bits per heavy atom. The van der Waals surface area contributed by atoms with E-state index in [0.717, 1.165) is 0 Å². The third-order valence-electron chi connectivity index (χ3n) is 32.1. The van der Waals surface area contributed by atoms with Crippen LogP contribution in [0.1, 0.15) is 44.5 Å². The summed E-state index contributed by atoms with van der Waals surface area (Å²) in [4.78, 5) is 0. The summed E-state index contributed by atoms with van der Waals surface area (Å²) >= 11 is -1.31. The zero-order valence-electron chi connectivity index (χ0n) is 76.4. The zero-order valence-corrected chi connectivity index (χ0v) is 90.8. The molecule has 4 heteroatoms. The molecule has 2 aliphatic heterocycles. The van der Waals surface area contributed by atoms with Crippen LogP contribution in [-0.2, 0) is 10.8 Å². The topological polar surface area (TPSA) is 0 Å². The quantitative estimate of drug-likeness (QED) is 0.105. The van der Waals surface area contributed by atoms with E-state index in [1.54, 1.807) is 17.6 Å². The fourth-order valence-electron chi connectivity index (χ4n) is 26.6. The number of fused-ring (bicyclic) bond motifs is 34. The molecule has 0 aromatic heterocycles. The van der Waals surface area contributed by atoms with Crippen LogP contribution in [0.2, 0.25) is 0 Å². The molecule has 0 bridgehead atoms. The molecule has 0 fully saturated rings. The first-order valence-electron chi connectivity index (χ1n) is 48.8. The molecule has 30 rings (SSSR count). The summed E-state index contributed by atoms with van der Waals surface area (Å²) in [7, 11) is 0. The van der Waals surface area contributed by atoms with E-state index in [1.807, 2.05) is 0 Å². The van der Waals surface area contributed by atoms with E-state index in [2.05, 4.69) is 473 Å². The molecule has 24 aromatic rings. The van der Waals surface area contributed by atoms with Crippen LogP contribution < -0.4 is 26.4 Å². The summed E-state index contributed by atoms with van der Waals surface area (Å²) in [5.41, 5.74) is 47.3. The molecular formula is C134H88Ge4. The monoisotopic (exact) mass is 1990 g/mol. The van der Waals surface area contributed by atoms with Gasteiger partial charge in [0, 0.05) is 0 Å².